The van der Waals surface area contributed by atoms with Crippen LogP contribution in [0.25, 0.3) is 0 Å². The quantitative estimate of drug-likeness (QED) is 0.493. The fraction of sp³-hybridized carbons (Fsp3) is 0. The molecule has 0 unspecified atom stereocenters. The zero-order valence-electron chi connectivity index (χ0n) is 11.9. The predicted molar refractivity (Wildman–Crippen MR) is 90.7 cm³/mol. The number of rotatable bonds is 2. The summed E-state index contributed by atoms with van der Waals surface area (Å²) >= 11 is 5.93. The Morgan fingerprint density at radius 1 is 1.17 bits per heavy atom. The summed E-state index contributed by atoms with van der Waals surface area (Å²) < 4.78 is 0. The summed E-state index contributed by atoms with van der Waals surface area (Å²) in [5, 5.41) is 5.24. The molecule has 0 atom stereocenters. The fourth-order valence-corrected chi connectivity index (χ4v) is 1.74. The van der Waals surface area contributed by atoms with E-state index in [-0.39, 0.29) is 11.9 Å². The third-order valence-corrected chi connectivity index (χ3v) is 2.82. The van der Waals surface area contributed by atoms with E-state index >= 15 is 0 Å². The van der Waals surface area contributed by atoms with Crippen LogP contribution in [0.15, 0.2) is 58.8 Å². The maximum Gasteiger partial charge on any atom is 0.326 e. The lowest BCUT2D eigenvalue weighted by atomic mass is 10.3. The summed E-state index contributed by atoms with van der Waals surface area (Å²) in [5.74, 6) is -0.326. The number of hydrogen-bond acceptors (Lipinski definition) is 3. The van der Waals surface area contributed by atoms with Crippen molar-refractivity contribution in [1.82, 2.24) is 10.3 Å². The predicted octanol–water partition coefficient (Wildman–Crippen LogP) is 1.82. The third-order valence-electron chi connectivity index (χ3n) is 2.49. The molecule has 6 N–H and O–H groups in total. The number of benzene rings is 1. The Labute approximate surface area is 137 Å². The van der Waals surface area contributed by atoms with Crippen molar-refractivity contribution in [3.05, 3.63) is 53.8 Å². The van der Waals surface area contributed by atoms with Gasteiger partial charge >= 0.3 is 6.03 Å². The molecule has 0 aliphatic rings. The Balaban J connectivity index is 1.98. The van der Waals surface area contributed by atoms with E-state index in [0.717, 1.165) is 0 Å². The molecular weight excluding hydrogens is 318 g/mol. The van der Waals surface area contributed by atoms with Gasteiger partial charge in [-0.25, -0.2) is 9.79 Å². The minimum Gasteiger partial charge on any atom is -0.369 e. The molecule has 0 spiro atoms. The molecule has 0 aliphatic heterocycles. The molecule has 23 heavy (non-hydrogen) atoms. The number of carbonyl (C=O) groups is 1. The van der Waals surface area contributed by atoms with Gasteiger partial charge in [0.05, 0.1) is 22.6 Å². The second-order valence-corrected chi connectivity index (χ2v) is 4.64. The summed E-state index contributed by atoms with van der Waals surface area (Å²) in [4.78, 5) is 23.4. The van der Waals surface area contributed by atoms with Crippen molar-refractivity contribution in [2.75, 3.05) is 5.32 Å². The van der Waals surface area contributed by atoms with Crippen molar-refractivity contribution in [2.45, 2.75) is 0 Å². The molecule has 0 aliphatic carbocycles. The molecular formula is C14H14ClN7O. The van der Waals surface area contributed by atoms with E-state index in [1.807, 2.05) is 0 Å². The lowest BCUT2D eigenvalue weighted by molar-refractivity contribution is 0.256. The number of amides is 2. The molecule has 0 bridgehead atoms. The van der Waals surface area contributed by atoms with Crippen molar-refractivity contribution in [3.8, 4) is 0 Å². The zero-order valence-corrected chi connectivity index (χ0v) is 12.7. The van der Waals surface area contributed by atoms with E-state index < -0.39 is 6.03 Å². The highest BCUT2D eigenvalue weighted by Gasteiger charge is 2.06. The first-order valence-electron chi connectivity index (χ1n) is 6.45. The summed E-state index contributed by atoms with van der Waals surface area (Å²) in [6, 6.07) is 9.57. The second kappa shape index (κ2) is 7.76. The number of pyridine rings is 1. The Morgan fingerprint density at radius 2 is 1.96 bits per heavy atom. The number of anilines is 1. The van der Waals surface area contributed by atoms with Crippen molar-refractivity contribution in [3.63, 3.8) is 0 Å². The Kier molecular flexibility index (Phi) is 5.48. The number of carbonyl (C=O) groups excluding carboxylic acids is 1. The molecule has 0 fully saturated rings. The van der Waals surface area contributed by atoms with Crippen LogP contribution in [0.2, 0.25) is 5.02 Å². The number of aliphatic imine (C=N–C) groups is 2. The molecule has 9 heteroatoms. The summed E-state index contributed by atoms with van der Waals surface area (Å²) in [6.45, 7) is 0. The number of nitrogens with one attached hydrogen (secondary N) is 2. The van der Waals surface area contributed by atoms with Crippen LogP contribution in [-0.2, 0) is 0 Å². The molecule has 0 saturated carbocycles. The number of hydrogen-bond donors (Lipinski definition) is 4. The van der Waals surface area contributed by atoms with Gasteiger partial charge in [0.15, 0.2) is 0 Å². The van der Waals surface area contributed by atoms with E-state index in [2.05, 4.69) is 25.6 Å². The van der Waals surface area contributed by atoms with Gasteiger partial charge in [-0.05, 0) is 24.3 Å². The average Bonchev–Trinajstić information content (AvgIpc) is 2.50. The van der Waals surface area contributed by atoms with Gasteiger partial charge in [0.1, 0.15) is 0 Å². The third kappa shape index (κ3) is 5.29. The van der Waals surface area contributed by atoms with Crippen LogP contribution in [0, 0.1) is 0 Å². The van der Waals surface area contributed by atoms with E-state index in [1.165, 1.54) is 6.20 Å². The fourth-order valence-electron chi connectivity index (χ4n) is 1.56. The Morgan fingerprint density at radius 3 is 2.65 bits per heavy atom. The lowest BCUT2D eigenvalue weighted by Gasteiger charge is -2.08. The van der Waals surface area contributed by atoms with Gasteiger partial charge in [-0.3, -0.25) is 10.3 Å². The first-order chi connectivity index (χ1) is 11.0. The summed E-state index contributed by atoms with van der Waals surface area (Å²) in [7, 11) is 0. The van der Waals surface area contributed by atoms with E-state index in [4.69, 9.17) is 23.1 Å². The van der Waals surface area contributed by atoms with Gasteiger partial charge in [0.2, 0.25) is 11.9 Å². The first-order valence-corrected chi connectivity index (χ1v) is 6.83. The van der Waals surface area contributed by atoms with Crippen LogP contribution < -0.4 is 22.1 Å². The van der Waals surface area contributed by atoms with Crippen molar-refractivity contribution in [2.24, 2.45) is 21.5 Å². The van der Waals surface area contributed by atoms with E-state index in [9.17, 15) is 4.79 Å². The average molecular weight is 332 g/mol. The number of nitrogens with two attached hydrogens (primary N) is 2. The summed E-state index contributed by atoms with van der Waals surface area (Å²) in [5.41, 5.74) is 12.2. The van der Waals surface area contributed by atoms with Gasteiger partial charge in [-0.15, -0.1) is 0 Å². The van der Waals surface area contributed by atoms with Crippen LogP contribution in [0.3, 0.4) is 0 Å². The van der Waals surface area contributed by atoms with Crippen LogP contribution in [0.1, 0.15) is 0 Å². The molecule has 1 aromatic heterocycles. The minimum absolute atomic E-state index is 0.117. The van der Waals surface area contributed by atoms with Crippen LogP contribution in [-0.4, -0.2) is 22.9 Å². The topological polar surface area (TPSA) is 131 Å². The van der Waals surface area contributed by atoms with Gasteiger partial charge in [-0.1, -0.05) is 23.7 Å². The van der Waals surface area contributed by atoms with E-state index in [0.29, 0.717) is 16.4 Å². The lowest BCUT2D eigenvalue weighted by Crippen LogP contribution is -2.40. The van der Waals surface area contributed by atoms with E-state index in [1.54, 1.807) is 42.6 Å². The monoisotopic (exact) mass is 331 g/mol. The largest absolute Gasteiger partial charge is 0.369 e. The second-order valence-electron chi connectivity index (χ2n) is 4.24. The minimum atomic E-state index is -0.603. The van der Waals surface area contributed by atoms with Crippen molar-refractivity contribution < 1.29 is 4.79 Å². The summed E-state index contributed by atoms with van der Waals surface area (Å²) in [6.07, 6.45) is 3.11. The maximum atomic E-state index is 11.8. The number of guanidine groups is 2. The molecule has 2 rings (SSSR count). The maximum absolute atomic E-state index is 11.8. The van der Waals surface area contributed by atoms with Crippen LogP contribution >= 0.6 is 11.6 Å². The normalized spacial score (nSPS) is 11.9. The molecule has 8 nitrogen and oxygen atoms in total. The zero-order chi connectivity index (χ0) is 16.7. The molecule has 0 radical (unpaired) electrons. The Hall–Kier alpha value is -3.13. The molecule has 2 aromatic rings. The first kappa shape index (κ1) is 16.2. The number of aromatic nitrogens is 1. The number of urea groups is 1. The molecule has 1 heterocycles. The van der Waals surface area contributed by atoms with Gasteiger partial charge < -0.3 is 16.8 Å². The molecule has 118 valence electrons. The van der Waals surface area contributed by atoms with Crippen LogP contribution in [0.5, 0.6) is 0 Å². The van der Waals surface area contributed by atoms with Gasteiger partial charge in [-0.2, -0.15) is 4.99 Å². The number of halogens is 1. The highest BCUT2D eigenvalue weighted by Crippen LogP contribution is 2.19. The van der Waals surface area contributed by atoms with Gasteiger partial charge in [0.25, 0.3) is 0 Å². The van der Waals surface area contributed by atoms with Crippen molar-refractivity contribution in [1.29, 1.82) is 0 Å². The highest BCUT2D eigenvalue weighted by molar-refractivity contribution is 6.33. The molecule has 1 aromatic carbocycles. The number of para-hydroxylation sites is 1. The Bertz CT molecular complexity index is 746. The molecule has 2 amide bonds. The van der Waals surface area contributed by atoms with Crippen molar-refractivity contribution >= 4 is 40.9 Å². The highest BCUT2D eigenvalue weighted by atomic mass is 35.5. The SMILES string of the molecule is NC(=Nc1cccnc1)N=C(N)NC(=O)Nc1ccccc1Cl. The molecule has 0 saturated heterocycles. The van der Waals surface area contributed by atoms with Crippen LogP contribution in [0.4, 0.5) is 16.2 Å². The smallest absolute Gasteiger partial charge is 0.326 e. The number of nitrogens with zero attached hydrogens (tertiary/aromatic N) is 3. The van der Waals surface area contributed by atoms with Gasteiger partial charge in [0, 0.05) is 6.20 Å². The standard InChI is InChI=1S/C14H14ClN7O/c15-10-5-1-2-6-11(10)20-14(23)22-13(17)21-12(16)19-9-4-3-7-18-8-9/h1-8H,(H6,16,17,19,20,21,22,23).